The zero-order chi connectivity index (χ0) is 23.9. The smallest absolute Gasteiger partial charge is 0.232 e. The highest BCUT2D eigenvalue weighted by molar-refractivity contribution is 7.92. The molecular weight excluding hydrogens is 452 g/mol. The van der Waals surface area contributed by atoms with Crippen molar-refractivity contribution in [2.75, 3.05) is 15.8 Å². The Morgan fingerprint density at radius 1 is 1.12 bits per heavy atom. The Balaban J connectivity index is 1.56. The number of rotatable bonds is 5. The van der Waals surface area contributed by atoms with Gasteiger partial charge in [-0.25, -0.2) is 18.4 Å². The molecule has 3 heterocycles. The molecule has 0 atom stereocenters. The van der Waals surface area contributed by atoms with Gasteiger partial charge in [0.05, 0.1) is 41.0 Å². The molecule has 0 spiro atoms. The second-order valence-electron chi connectivity index (χ2n) is 7.90. The number of hydrogen-bond acceptors (Lipinski definition) is 6. The normalized spacial score (nSPS) is 13.7. The molecule has 0 bridgehead atoms. The van der Waals surface area contributed by atoms with Gasteiger partial charge in [-0.15, -0.1) is 0 Å². The van der Waals surface area contributed by atoms with E-state index in [0.29, 0.717) is 22.8 Å². The highest BCUT2D eigenvalue weighted by Crippen LogP contribution is 2.37. The van der Waals surface area contributed by atoms with Crippen LogP contribution >= 0.6 is 0 Å². The van der Waals surface area contributed by atoms with Gasteiger partial charge in [0.2, 0.25) is 15.9 Å². The molecule has 2 N–H and O–H groups in total. The van der Waals surface area contributed by atoms with E-state index < -0.39 is 10.0 Å². The largest absolute Gasteiger partial charge is 0.324 e. The van der Waals surface area contributed by atoms with Crippen LogP contribution in [0.1, 0.15) is 24.7 Å². The molecule has 1 amide bonds. The molecule has 0 unspecified atom stereocenters. The monoisotopic (exact) mass is 474 g/mol. The van der Waals surface area contributed by atoms with E-state index in [2.05, 4.69) is 20.0 Å². The summed E-state index contributed by atoms with van der Waals surface area (Å²) in [6.45, 7) is 3.49. The molecule has 0 radical (unpaired) electrons. The van der Waals surface area contributed by atoms with Gasteiger partial charge in [0, 0.05) is 11.9 Å². The van der Waals surface area contributed by atoms with Crippen LogP contribution in [0.4, 0.5) is 17.1 Å². The van der Waals surface area contributed by atoms with E-state index in [1.165, 1.54) is 0 Å². The maximum absolute atomic E-state index is 12.6. The van der Waals surface area contributed by atoms with Crippen molar-refractivity contribution in [3.05, 3.63) is 72.3 Å². The van der Waals surface area contributed by atoms with E-state index >= 15 is 0 Å². The third-order valence-electron chi connectivity index (χ3n) is 5.61. The van der Waals surface area contributed by atoms with Crippen molar-refractivity contribution >= 4 is 49.7 Å². The van der Waals surface area contributed by atoms with Crippen molar-refractivity contribution in [2.45, 2.75) is 20.3 Å². The van der Waals surface area contributed by atoms with Gasteiger partial charge in [-0.3, -0.25) is 19.1 Å². The van der Waals surface area contributed by atoms with Crippen LogP contribution in [0.15, 0.2) is 65.9 Å². The molecule has 2 aromatic heterocycles. The summed E-state index contributed by atoms with van der Waals surface area (Å²) < 4.78 is 28.9. The predicted molar refractivity (Wildman–Crippen MR) is 133 cm³/mol. The fraction of sp³-hybridized carbons (Fsp3) is 0.167. The molecule has 34 heavy (non-hydrogen) atoms. The number of sulfonamides is 1. The van der Waals surface area contributed by atoms with Crippen LogP contribution in [-0.4, -0.2) is 40.3 Å². The number of aromatic nitrogens is 3. The number of benzene rings is 2. The molecule has 2 aromatic carbocycles. The number of carbonyl (C=O) groups excluding carboxylic acids is 1. The SMILES string of the molecule is CCS(=O)(=O)Nc1cccc2c1N=C(c1ccc(-n3c(C)nc4cnccc43)cc1)CC(=O)N2. The number of pyridine rings is 1. The summed E-state index contributed by atoms with van der Waals surface area (Å²) in [5.41, 5.74) is 5.16. The minimum Gasteiger partial charge on any atom is -0.324 e. The summed E-state index contributed by atoms with van der Waals surface area (Å²) in [6, 6.07) is 14.6. The second-order valence-corrected chi connectivity index (χ2v) is 9.91. The molecular formula is C24H22N6O3S. The average Bonchev–Trinajstić information content (AvgIpc) is 3.05. The van der Waals surface area contributed by atoms with E-state index in [1.54, 1.807) is 37.5 Å². The number of para-hydroxylation sites is 1. The van der Waals surface area contributed by atoms with Crippen LogP contribution in [0, 0.1) is 6.92 Å². The Bertz CT molecular complexity index is 1560. The fourth-order valence-electron chi connectivity index (χ4n) is 3.96. The minimum absolute atomic E-state index is 0.0622. The lowest BCUT2D eigenvalue weighted by Gasteiger charge is -2.12. The number of aryl methyl sites for hydroxylation is 1. The van der Waals surface area contributed by atoms with E-state index in [-0.39, 0.29) is 18.1 Å². The lowest BCUT2D eigenvalue weighted by Crippen LogP contribution is -2.15. The predicted octanol–water partition coefficient (Wildman–Crippen LogP) is 3.95. The lowest BCUT2D eigenvalue weighted by molar-refractivity contribution is -0.115. The molecule has 0 aliphatic carbocycles. The molecule has 0 saturated heterocycles. The van der Waals surface area contributed by atoms with Gasteiger partial charge in [-0.05, 0) is 49.7 Å². The van der Waals surface area contributed by atoms with Crippen LogP contribution < -0.4 is 10.0 Å². The van der Waals surface area contributed by atoms with E-state index in [0.717, 1.165) is 28.1 Å². The first-order valence-corrected chi connectivity index (χ1v) is 12.4. The van der Waals surface area contributed by atoms with Crippen molar-refractivity contribution in [1.82, 2.24) is 14.5 Å². The molecule has 4 aromatic rings. The molecule has 1 aliphatic heterocycles. The molecule has 5 rings (SSSR count). The number of amides is 1. The number of fused-ring (bicyclic) bond motifs is 2. The summed E-state index contributed by atoms with van der Waals surface area (Å²) in [6.07, 6.45) is 3.52. The number of carbonyl (C=O) groups is 1. The van der Waals surface area contributed by atoms with Crippen molar-refractivity contribution in [1.29, 1.82) is 0 Å². The second kappa shape index (κ2) is 8.38. The summed E-state index contributed by atoms with van der Waals surface area (Å²) in [4.78, 5) is 26.0. The maximum Gasteiger partial charge on any atom is 0.232 e. The first kappa shape index (κ1) is 21.8. The first-order valence-electron chi connectivity index (χ1n) is 10.8. The number of anilines is 2. The maximum atomic E-state index is 12.6. The fourth-order valence-corrected chi connectivity index (χ4v) is 4.60. The highest BCUT2D eigenvalue weighted by Gasteiger charge is 2.21. The van der Waals surface area contributed by atoms with Gasteiger partial charge in [-0.2, -0.15) is 0 Å². The molecule has 1 aliphatic rings. The van der Waals surface area contributed by atoms with Crippen molar-refractivity contribution in [3.63, 3.8) is 0 Å². The third-order valence-corrected chi connectivity index (χ3v) is 6.90. The topological polar surface area (TPSA) is 118 Å². The van der Waals surface area contributed by atoms with E-state index in [9.17, 15) is 13.2 Å². The standard InChI is InChI=1S/C24H22N6O3S/c1-3-34(32,33)29-19-6-4-5-18-24(19)28-20(13-23(31)27-18)16-7-9-17(10-8-16)30-15(2)26-21-14-25-12-11-22(21)30/h4-12,14,29H,3,13H2,1-2H3,(H,27,31). The number of aliphatic imine (C=N–C) groups is 1. The van der Waals surface area contributed by atoms with Gasteiger partial charge in [0.25, 0.3) is 0 Å². The number of imidazole rings is 1. The molecule has 0 fully saturated rings. The van der Waals surface area contributed by atoms with Crippen molar-refractivity contribution in [3.8, 4) is 5.69 Å². The minimum atomic E-state index is -3.51. The zero-order valence-electron chi connectivity index (χ0n) is 18.6. The van der Waals surface area contributed by atoms with E-state index in [4.69, 9.17) is 4.99 Å². The molecule has 172 valence electrons. The Morgan fingerprint density at radius 3 is 2.68 bits per heavy atom. The Labute approximate surface area is 196 Å². The van der Waals surface area contributed by atoms with Crippen molar-refractivity contribution < 1.29 is 13.2 Å². The van der Waals surface area contributed by atoms with Gasteiger partial charge >= 0.3 is 0 Å². The summed E-state index contributed by atoms with van der Waals surface area (Å²) in [5, 5.41) is 2.82. The molecule has 10 heteroatoms. The Hall–Kier alpha value is -4.05. The third kappa shape index (κ3) is 4.03. The van der Waals surface area contributed by atoms with Crippen LogP contribution in [0.25, 0.3) is 16.7 Å². The summed E-state index contributed by atoms with van der Waals surface area (Å²) >= 11 is 0. The molecule has 0 saturated carbocycles. The number of nitrogens with zero attached hydrogens (tertiary/aromatic N) is 4. The van der Waals surface area contributed by atoms with Gasteiger partial charge in [0.15, 0.2) is 0 Å². The van der Waals surface area contributed by atoms with Crippen molar-refractivity contribution in [2.24, 2.45) is 4.99 Å². The van der Waals surface area contributed by atoms with Crippen LogP contribution in [0.2, 0.25) is 0 Å². The lowest BCUT2D eigenvalue weighted by atomic mass is 10.1. The number of hydrogen-bond donors (Lipinski definition) is 2. The quantitative estimate of drug-likeness (QED) is 0.454. The van der Waals surface area contributed by atoms with Crippen LogP contribution in [0.3, 0.4) is 0 Å². The Morgan fingerprint density at radius 2 is 1.91 bits per heavy atom. The average molecular weight is 475 g/mol. The summed E-state index contributed by atoms with van der Waals surface area (Å²) in [5.74, 6) is 0.546. The number of nitrogens with one attached hydrogen (secondary N) is 2. The van der Waals surface area contributed by atoms with Crippen LogP contribution in [0.5, 0.6) is 0 Å². The van der Waals surface area contributed by atoms with E-state index in [1.807, 2.05) is 41.8 Å². The van der Waals surface area contributed by atoms with Gasteiger partial charge in [-0.1, -0.05) is 18.2 Å². The Kier molecular flexibility index (Phi) is 5.37. The molecule has 9 nitrogen and oxygen atoms in total. The van der Waals surface area contributed by atoms with Crippen LogP contribution in [-0.2, 0) is 14.8 Å². The highest BCUT2D eigenvalue weighted by atomic mass is 32.2. The zero-order valence-corrected chi connectivity index (χ0v) is 19.4. The van der Waals surface area contributed by atoms with Gasteiger partial charge < -0.3 is 5.32 Å². The van der Waals surface area contributed by atoms with Gasteiger partial charge in [0.1, 0.15) is 17.0 Å². The first-order chi connectivity index (χ1) is 16.3. The summed E-state index contributed by atoms with van der Waals surface area (Å²) in [7, 11) is -3.51.